The van der Waals surface area contributed by atoms with Gasteiger partial charge in [0.05, 0.1) is 0 Å². The summed E-state index contributed by atoms with van der Waals surface area (Å²) < 4.78 is 0. The molecule has 4 N–H and O–H groups in total. The lowest BCUT2D eigenvalue weighted by atomic mass is 9.92. The average molecular weight is 657 g/mol. The summed E-state index contributed by atoms with van der Waals surface area (Å²) in [5.74, 6) is 0.662. The van der Waals surface area contributed by atoms with Gasteiger partial charge in [-0.15, -0.1) is 0 Å². The Morgan fingerprint density at radius 1 is 0.711 bits per heavy atom. The van der Waals surface area contributed by atoms with Crippen molar-refractivity contribution in [2.75, 3.05) is 6.54 Å². The maximum absolute atomic E-state index is 4.00. The van der Waals surface area contributed by atoms with Crippen molar-refractivity contribution in [1.82, 2.24) is 21.3 Å². The molecule has 4 aliphatic carbocycles. The number of rotatable bonds is 12. The third kappa shape index (κ3) is 10.7. The second kappa shape index (κ2) is 16.4. The van der Waals surface area contributed by atoms with Crippen LogP contribution >= 0.6 is 31.9 Å². The lowest BCUT2D eigenvalue weighted by Crippen LogP contribution is -2.41. The van der Waals surface area contributed by atoms with Crippen molar-refractivity contribution in [3.8, 4) is 0 Å². The van der Waals surface area contributed by atoms with Gasteiger partial charge in [0.1, 0.15) is 0 Å². The fraction of sp³-hybridized carbons (Fsp3) is 0.875. The summed E-state index contributed by atoms with van der Waals surface area (Å²) in [7, 11) is 0. The van der Waals surface area contributed by atoms with E-state index in [0.717, 1.165) is 28.3 Å². The highest BCUT2D eigenvalue weighted by atomic mass is 79.9. The number of allylic oxidation sites excluding steroid dienone is 2. The molecule has 2 saturated carbocycles. The predicted molar refractivity (Wildman–Crippen MR) is 171 cm³/mol. The average Bonchev–Trinajstić information content (AvgIpc) is 3.12. The largest absolute Gasteiger partial charge is 0.389 e. The standard InChI is InChI=1S/C32H56Br2N4/c1-23(2)32(38-31-20-18-30(19-21-31)36-27-6-3-5-24(33)8-11-27)7-4-22-35-26-14-16-29(17-15-26)37-28-12-9-25(34)10-13-28/h14,20,23-25,27-30,32,35-38H,3-13,15-19,21-22H2,1-2H3. The summed E-state index contributed by atoms with van der Waals surface area (Å²) in [6, 6.07) is 3.39. The summed E-state index contributed by atoms with van der Waals surface area (Å²) in [5.41, 5.74) is 2.98. The fourth-order valence-electron chi connectivity index (χ4n) is 6.95. The molecular weight excluding hydrogens is 600 g/mol. The number of hydrogen-bond acceptors (Lipinski definition) is 4. The molecule has 5 unspecified atom stereocenters. The van der Waals surface area contributed by atoms with E-state index >= 15 is 0 Å². The molecule has 0 spiro atoms. The summed E-state index contributed by atoms with van der Waals surface area (Å²) >= 11 is 7.62. The molecule has 4 aliphatic rings. The molecule has 218 valence electrons. The van der Waals surface area contributed by atoms with Crippen molar-refractivity contribution >= 4 is 31.9 Å². The van der Waals surface area contributed by atoms with Crippen LogP contribution in [0.4, 0.5) is 0 Å². The lowest BCUT2D eigenvalue weighted by molar-refractivity contribution is 0.326. The van der Waals surface area contributed by atoms with Gasteiger partial charge < -0.3 is 21.3 Å². The van der Waals surface area contributed by atoms with Gasteiger partial charge >= 0.3 is 0 Å². The number of halogens is 2. The van der Waals surface area contributed by atoms with Crippen molar-refractivity contribution in [3.05, 3.63) is 23.5 Å². The monoisotopic (exact) mass is 654 g/mol. The van der Waals surface area contributed by atoms with Gasteiger partial charge in [0, 0.05) is 57.8 Å². The van der Waals surface area contributed by atoms with Crippen LogP contribution in [0.3, 0.4) is 0 Å². The minimum Gasteiger partial charge on any atom is -0.389 e. The molecule has 0 heterocycles. The Hall–Kier alpha value is -0.0400. The zero-order valence-corrected chi connectivity index (χ0v) is 27.4. The Balaban J connectivity index is 1.10. The van der Waals surface area contributed by atoms with Crippen molar-refractivity contribution in [2.24, 2.45) is 5.92 Å². The summed E-state index contributed by atoms with van der Waals surface area (Å²) in [4.78, 5) is 1.49. The first-order valence-electron chi connectivity index (χ1n) is 16.1. The molecule has 0 radical (unpaired) electrons. The van der Waals surface area contributed by atoms with Crippen LogP contribution in [0.5, 0.6) is 0 Å². The fourth-order valence-corrected chi connectivity index (χ4v) is 8.07. The van der Waals surface area contributed by atoms with Gasteiger partial charge in [-0.1, -0.05) is 64.3 Å². The van der Waals surface area contributed by atoms with E-state index in [4.69, 9.17) is 0 Å². The van der Waals surface area contributed by atoms with Crippen LogP contribution in [-0.2, 0) is 0 Å². The second-order valence-electron chi connectivity index (χ2n) is 13.0. The van der Waals surface area contributed by atoms with E-state index < -0.39 is 0 Å². The number of nitrogens with one attached hydrogen (secondary N) is 4. The second-order valence-corrected chi connectivity index (χ2v) is 15.6. The van der Waals surface area contributed by atoms with E-state index in [-0.39, 0.29) is 0 Å². The molecule has 2 fully saturated rings. The molecule has 0 saturated heterocycles. The number of alkyl halides is 2. The molecular formula is C32H56Br2N4. The van der Waals surface area contributed by atoms with E-state index in [1.807, 2.05) is 0 Å². The zero-order chi connectivity index (χ0) is 26.7. The lowest BCUT2D eigenvalue weighted by Gasteiger charge is -2.32. The highest BCUT2D eigenvalue weighted by Crippen LogP contribution is 2.27. The van der Waals surface area contributed by atoms with Gasteiger partial charge in [-0.25, -0.2) is 0 Å². The normalized spacial score (nSPS) is 33.7. The van der Waals surface area contributed by atoms with E-state index in [1.165, 1.54) is 121 Å². The van der Waals surface area contributed by atoms with Crippen molar-refractivity contribution in [3.63, 3.8) is 0 Å². The van der Waals surface area contributed by atoms with Crippen LogP contribution in [0.15, 0.2) is 23.5 Å². The Bertz CT molecular complexity index is 746. The first-order chi connectivity index (χ1) is 18.4. The Labute approximate surface area is 251 Å². The van der Waals surface area contributed by atoms with E-state index in [1.54, 1.807) is 0 Å². The van der Waals surface area contributed by atoms with Gasteiger partial charge in [0.25, 0.3) is 0 Å². The van der Waals surface area contributed by atoms with Gasteiger partial charge in [-0.3, -0.25) is 0 Å². The van der Waals surface area contributed by atoms with Crippen LogP contribution in [0.1, 0.15) is 123 Å². The predicted octanol–water partition coefficient (Wildman–Crippen LogP) is 7.82. The first kappa shape index (κ1) is 30.9. The molecule has 0 aromatic heterocycles. The Morgan fingerprint density at radius 2 is 1.29 bits per heavy atom. The van der Waals surface area contributed by atoms with Crippen LogP contribution in [0.25, 0.3) is 0 Å². The van der Waals surface area contributed by atoms with Gasteiger partial charge in [-0.05, 0) is 109 Å². The van der Waals surface area contributed by atoms with E-state index in [9.17, 15) is 0 Å². The summed E-state index contributed by atoms with van der Waals surface area (Å²) in [6.07, 6.45) is 26.8. The molecule has 0 bridgehead atoms. The Morgan fingerprint density at radius 3 is 1.87 bits per heavy atom. The highest BCUT2D eigenvalue weighted by molar-refractivity contribution is 9.09. The van der Waals surface area contributed by atoms with Crippen molar-refractivity contribution in [2.45, 2.75) is 163 Å². The topological polar surface area (TPSA) is 48.1 Å². The van der Waals surface area contributed by atoms with E-state index in [0.29, 0.717) is 24.0 Å². The third-order valence-electron chi connectivity index (χ3n) is 9.54. The molecule has 0 aromatic rings. The smallest absolute Gasteiger partial charge is 0.0281 e. The van der Waals surface area contributed by atoms with E-state index in [2.05, 4.69) is 79.1 Å². The van der Waals surface area contributed by atoms with Crippen LogP contribution in [0.2, 0.25) is 0 Å². The van der Waals surface area contributed by atoms with Crippen LogP contribution < -0.4 is 21.3 Å². The molecule has 0 aliphatic heterocycles. The number of hydrogen-bond donors (Lipinski definition) is 4. The first-order valence-corrected chi connectivity index (χ1v) is 18.0. The van der Waals surface area contributed by atoms with Crippen LogP contribution in [-0.4, -0.2) is 46.4 Å². The van der Waals surface area contributed by atoms with Gasteiger partial charge in [-0.2, -0.15) is 0 Å². The molecule has 4 rings (SSSR count). The highest BCUT2D eigenvalue weighted by Gasteiger charge is 2.24. The van der Waals surface area contributed by atoms with Crippen molar-refractivity contribution in [1.29, 1.82) is 0 Å². The molecule has 5 atom stereocenters. The minimum atomic E-state index is 0.578. The SMILES string of the molecule is CC(C)C(CCCNC1=CCC(NC2CCC(Br)CC2)CC1)NC1=CCC(NC2CCCC(Br)CC2)CC1. The quantitative estimate of drug-likeness (QED) is 0.0984. The molecule has 0 amide bonds. The zero-order valence-electron chi connectivity index (χ0n) is 24.3. The van der Waals surface area contributed by atoms with Crippen LogP contribution in [0, 0.1) is 5.92 Å². The maximum Gasteiger partial charge on any atom is 0.0281 e. The van der Waals surface area contributed by atoms with Crippen molar-refractivity contribution < 1.29 is 0 Å². The summed E-state index contributed by atoms with van der Waals surface area (Å²) in [5, 5.41) is 15.7. The molecule has 6 heteroatoms. The molecule has 0 aromatic carbocycles. The van der Waals surface area contributed by atoms with Gasteiger partial charge in [0.15, 0.2) is 0 Å². The third-order valence-corrected chi connectivity index (χ3v) is 11.4. The summed E-state index contributed by atoms with van der Waals surface area (Å²) in [6.45, 7) is 5.86. The minimum absolute atomic E-state index is 0.578. The maximum atomic E-state index is 4.00. The Kier molecular flexibility index (Phi) is 13.4. The van der Waals surface area contributed by atoms with Gasteiger partial charge in [0.2, 0.25) is 0 Å². The molecule has 4 nitrogen and oxygen atoms in total. The molecule has 38 heavy (non-hydrogen) atoms.